The Morgan fingerprint density at radius 2 is 2.30 bits per heavy atom. The first kappa shape index (κ1) is 16.4. The number of morpholine rings is 1. The van der Waals surface area contributed by atoms with Crippen molar-refractivity contribution in [2.45, 2.75) is 25.4 Å². The fourth-order valence-electron chi connectivity index (χ4n) is 3.22. The van der Waals surface area contributed by atoms with Crippen molar-refractivity contribution in [2.24, 2.45) is 0 Å². The van der Waals surface area contributed by atoms with E-state index in [2.05, 4.69) is 21.3 Å². The number of rotatable bonds is 4. The number of nitrogens with zero attached hydrogens (tertiary/aromatic N) is 3. The summed E-state index contributed by atoms with van der Waals surface area (Å²) in [6.45, 7) is 6.77. The fraction of sp³-hybridized carbons (Fsp3) is 0.647. The lowest BCUT2D eigenvalue weighted by molar-refractivity contribution is -0.132. The molecular formula is C17H26N4O2. The van der Waals surface area contributed by atoms with Gasteiger partial charge in [-0.15, -0.1) is 0 Å². The largest absolute Gasteiger partial charge is 0.378 e. The normalized spacial score (nSPS) is 23.5. The highest BCUT2D eigenvalue weighted by Gasteiger charge is 2.23. The minimum Gasteiger partial charge on any atom is -0.378 e. The molecule has 3 rings (SSSR count). The average Bonchev–Trinajstić information content (AvgIpc) is 2.82. The minimum atomic E-state index is 0.172. The molecule has 0 radical (unpaired) electrons. The molecule has 2 aliphatic heterocycles. The maximum Gasteiger partial charge on any atom is 0.224 e. The number of amides is 1. The van der Waals surface area contributed by atoms with Crippen LogP contribution in [0, 0.1) is 0 Å². The SMILES string of the molecule is O=C(CC1COCCN1)N1CCCN(Cc2cccnc2)CC1. The molecule has 1 N–H and O–H groups in total. The molecule has 126 valence electrons. The van der Waals surface area contributed by atoms with Crippen LogP contribution in [0.2, 0.25) is 0 Å². The lowest BCUT2D eigenvalue weighted by Crippen LogP contribution is -2.45. The van der Waals surface area contributed by atoms with Crippen LogP contribution in [-0.2, 0) is 16.1 Å². The van der Waals surface area contributed by atoms with Crippen molar-refractivity contribution in [2.75, 3.05) is 45.9 Å². The van der Waals surface area contributed by atoms with Gasteiger partial charge in [0.25, 0.3) is 0 Å². The van der Waals surface area contributed by atoms with Gasteiger partial charge in [-0.2, -0.15) is 0 Å². The Morgan fingerprint density at radius 1 is 1.35 bits per heavy atom. The molecular weight excluding hydrogens is 292 g/mol. The Hall–Kier alpha value is -1.50. The summed E-state index contributed by atoms with van der Waals surface area (Å²) in [4.78, 5) is 21.1. The molecule has 3 heterocycles. The van der Waals surface area contributed by atoms with Gasteiger partial charge in [0, 0.05) is 64.1 Å². The van der Waals surface area contributed by atoms with Crippen LogP contribution >= 0.6 is 0 Å². The van der Waals surface area contributed by atoms with Crippen LogP contribution in [0.4, 0.5) is 0 Å². The highest BCUT2D eigenvalue weighted by molar-refractivity contribution is 5.76. The summed E-state index contributed by atoms with van der Waals surface area (Å²) in [7, 11) is 0. The third kappa shape index (κ3) is 4.99. The third-order valence-corrected chi connectivity index (χ3v) is 4.49. The number of hydrogen-bond donors (Lipinski definition) is 1. The molecule has 2 aliphatic rings. The van der Waals surface area contributed by atoms with Gasteiger partial charge >= 0.3 is 0 Å². The van der Waals surface area contributed by atoms with Crippen molar-refractivity contribution in [1.29, 1.82) is 0 Å². The first-order valence-corrected chi connectivity index (χ1v) is 8.51. The number of hydrogen-bond acceptors (Lipinski definition) is 5. The van der Waals surface area contributed by atoms with E-state index in [-0.39, 0.29) is 11.9 Å². The summed E-state index contributed by atoms with van der Waals surface area (Å²) in [5, 5.41) is 3.36. The Labute approximate surface area is 137 Å². The molecule has 1 aromatic rings. The van der Waals surface area contributed by atoms with E-state index in [0.29, 0.717) is 13.0 Å². The van der Waals surface area contributed by atoms with Gasteiger partial charge in [0.2, 0.25) is 5.91 Å². The molecule has 1 amide bonds. The fourth-order valence-corrected chi connectivity index (χ4v) is 3.22. The molecule has 1 atom stereocenters. The quantitative estimate of drug-likeness (QED) is 0.876. The maximum atomic E-state index is 12.5. The predicted octanol–water partition coefficient (Wildman–Crippen LogP) is 0.494. The van der Waals surface area contributed by atoms with Crippen LogP contribution in [0.3, 0.4) is 0 Å². The molecule has 0 saturated carbocycles. The Balaban J connectivity index is 1.46. The van der Waals surface area contributed by atoms with E-state index in [1.165, 1.54) is 5.56 Å². The zero-order valence-electron chi connectivity index (χ0n) is 13.6. The van der Waals surface area contributed by atoms with Gasteiger partial charge in [-0.1, -0.05) is 6.07 Å². The second kappa shape index (κ2) is 8.38. The van der Waals surface area contributed by atoms with Crippen molar-refractivity contribution in [3.05, 3.63) is 30.1 Å². The Kier molecular flexibility index (Phi) is 5.96. The average molecular weight is 318 g/mol. The molecule has 1 unspecified atom stereocenters. The zero-order valence-corrected chi connectivity index (χ0v) is 13.6. The monoisotopic (exact) mass is 318 g/mol. The van der Waals surface area contributed by atoms with Crippen molar-refractivity contribution in [3.63, 3.8) is 0 Å². The zero-order chi connectivity index (χ0) is 15.9. The number of carbonyl (C=O) groups is 1. The van der Waals surface area contributed by atoms with E-state index >= 15 is 0 Å². The molecule has 0 bridgehead atoms. The summed E-state index contributed by atoms with van der Waals surface area (Å²) in [6.07, 6.45) is 5.29. The first-order valence-electron chi connectivity index (χ1n) is 8.51. The Bertz CT molecular complexity index is 491. The third-order valence-electron chi connectivity index (χ3n) is 4.49. The molecule has 0 spiro atoms. The van der Waals surface area contributed by atoms with Crippen molar-refractivity contribution in [1.82, 2.24) is 20.1 Å². The lowest BCUT2D eigenvalue weighted by Gasteiger charge is -2.27. The van der Waals surface area contributed by atoms with Crippen LogP contribution in [0.15, 0.2) is 24.5 Å². The second-order valence-electron chi connectivity index (χ2n) is 6.30. The summed E-state index contributed by atoms with van der Waals surface area (Å²) in [6, 6.07) is 4.25. The lowest BCUT2D eigenvalue weighted by atomic mass is 10.1. The Morgan fingerprint density at radius 3 is 3.09 bits per heavy atom. The van der Waals surface area contributed by atoms with Crippen LogP contribution < -0.4 is 5.32 Å². The summed E-state index contributed by atoms with van der Waals surface area (Å²) in [5.41, 5.74) is 1.23. The molecule has 6 heteroatoms. The van der Waals surface area contributed by atoms with Gasteiger partial charge in [0.1, 0.15) is 0 Å². The summed E-state index contributed by atoms with van der Waals surface area (Å²) in [5.74, 6) is 0.247. The van der Waals surface area contributed by atoms with Crippen LogP contribution in [0.5, 0.6) is 0 Å². The van der Waals surface area contributed by atoms with E-state index < -0.39 is 0 Å². The smallest absolute Gasteiger partial charge is 0.224 e. The summed E-state index contributed by atoms with van der Waals surface area (Å²) < 4.78 is 5.43. The van der Waals surface area contributed by atoms with Crippen molar-refractivity contribution in [3.8, 4) is 0 Å². The predicted molar refractivity (Wildman–Crippen MR) is 87.9 cm³/mol. The number of ether oxygens (including phenoxy) is 1. The van der Waals surface area contributed by atoms with Gasteiger partial charge in [-0.05, 0) is 18.1 Å². The molecule has 0 aliphatic carbocycles. The minimum absolute atomic E-state index is 0.172. The van der Waals surface area contributed by atoms with Crippen molar-refractivity contribution >= 4 is 5.91 Å². The molecule has 2 saturated heterocycles. The van der Waals surface area contributed by atoms with Gasteiger partial charge in [0.05, 0.1) is 13.2 Å². The van der Waals surface area contributed by atoms with Crippen LogP contribution in [0.25, 0.3) is 0 Å². The molecule has 0 aromatic carbocycles. The van der Waals surface area contributed by atoms with Gasteiger partial charge in [-0.3, -0.25) is 14.7 Å². The second-order valence-corrected chi connectivity index (χ2v) is 6.30. The van der Waals surface area contributed by atoms with E-state index in [4.69, 9.17) is 4.74 Å². The molecule has 1 aromatic heterocycles. The highest BCUT2D eigenvalue weighted by Crippen LogP contribution is 2.10. The molecule has 2 fully saturated rings. The van der Waals surface area contributed by atoms with Gasteiger partial charge < -0.3 is 15.0 Å². The number of nitrogens with one attached hydrogen (secondary N) is 1. The highest BCUT2D eigenvalue weighted by atomic mass is 16.5. The number of aromatic nitrogens is 1. The van der Waals surface area contributed by atoms with Gasteiger partial charge in [0.15, 0.2) is 0 Å². The van der Waals surface area contributed by atoms with Crippen LogP contribution in [0.1, 0.15) is 18.4 Å². The molecule has 23 heavy (non-hydrogen) atoms. The standard InChI is InChI=1S/C17H26N4O2/c22-17(11-16-14-23-10-5-19-16)21-7-2-6-20(8-9-21)13-15-3-1-4-18-12-15/h1,3-4,12,16,19H,2,5-11,13-14H2. The van der Waals surface area contributed by atoms with E-state index in [9.17, 15) is 4.79 Å². The van der Waals surface area contributed by atoms with Crippen molar-refractivity contribution < 1.29 is 9.53 Å². The number of carbonyl (C=O) groups excluding carboxylic acids is 1. The first-order chi connectivity index (χ1) is 11.3. The van der Waals surface area contributed by atoms with Crippen LogP contribution in [-0.4, -0.2) is 72.7 Å². The maximum absolute atomic E-state index is 12.5. The number of pyridine rings is 1. The van der Waals surface area contributed by atoms with E-state index in [1.807, 2.05) is 17.2 Å². The molecule has 6 nitrogen and oxygen atoms in total. The van der Waals surface area contributed by atoms with E-state index in [0.717, 1.165) is 52.3 Å². The summed E-state index contributed by atoms with van der Waals surface area (Å²) >= 11 is 0. The van der Waals surface area contributed by atoms with E-state index in [1.54, 1.807) is 6.20 Å². The topological polar surface area (TPSA) is 57.7 Å². The van der Waals surface area contributed by atoms with Gasteiger partial charge in [-0.25, -0.2) is 0 Å².